The van der Waals surface area contributed by atoms with E-state index < -0.39 is 23.6 Å². The Labute approximate surface area is 166 Å². The van der Waals surface area contributed by atoms with Crippen molar-refractivity contribution in [3.63, 3.8) is 0 Å². The normalized spacial score (nSPS) is 11.1. The zero-order valence-corrected chi connectivity index (χ0v) is 16.1. The molecule has 9 nitrogen and oxygen atoms in total. The lowest BCUT2D eigenvalue weighted by atomic mass is 10.2. The summed E-state index contributed by atoms with van der Waals surface area (Å²) in [5.41, 5.74) is 1.43. The van der Waals surface area contributed by atoms with Crippen LogP contribution < -0.4 is 10.6 Å². The molecular formula is C20H20N4O5. The number of fused-ring (bicyclic) bond motifs is 1. The molecule has 29 heavy (non-hydrogen) atoms. The van der Waals surface area contributed by atoms with E-state index >= 15 is 0 Å². The Morgan fingerprint density at radius 2 is 1.62 bits per heavy atom. The van der Waals surface area contributed by atoms with Crippen LogP contribution in [0, 0.1) is 0 Å². The summed E-state index contributed by atoms with van der Waals surface area (Å²) in [4.78, 5) is 42.2. The third-order valence-corrected chi connectivity index (χ3v) is 3.73. The number of hydrogen-bond donors (Lipinski definition) is 4. The maximum Gasteiger partial charge on any atom is 0.412 e. The monoisotopic (exact) mass is 396 g/mol. The standard InChI is InChI=1S/C20H20N4O5/c1-20(2,3)29-19(28)22-13-7-5-12(6-8-13)21-17(25)16-23-14-9-4-11(18(26)27)10-15(14)24-16/h4-10H,1-3H3,(H,21,25)(H,22,28)(H,23,24)(H,26,27). The highest BCUT2D eigenvalue weighted by Gasteiger charge is 2.16. The second-order valence-electron chi connectivity index (χ2n) is 7.28. The Morgan fingerprint density at radius 3 is 2.21 bits per heavy atom. The van der Waals surface area contributed by atoms with Gasteiger partial charge < -0.3 is 20.1 Å². The molecule has 0 aliphatic heterocycles. The molecule has 4 N–H and O–H groups in total. The first-order valence-corrected chi connectivity index (χ1v) is 8.75. The van der Waals surface area contributed by atoms with E-state index in [0.717, 1.165) is 0 Å². The molecule has 0 aliphatic rings. The van der Waals surface area contributed by atoms with Crippen LogP contribution in [0.15, 0.2) is 42.5 Å². The average molecular weight is 396 g/mol. The predicted octanol–water partition coefficient (Wildman–Crippen LogP) is 3.86. The number of carboxylic acid groups (broad SMARTS) is 1. The average Bonchev–Trinajstić information content (AvgIpc) is 3.05. The van der Waals surface area contributed by atoms with Crippen LogP contribution in [0.2, 0.25) is 0 Å². The van der Waals surface area contributed by atoms with Crippen LogP contribution in [0.25, 0.3) is 11.0 Å². The highest BCUT2D eigenvalue weighted by molar-refractivity contribution is 6.04. The van der Waals surface area contributed by atoms with E-state index in [-0.39, 0.29) is 11.4 Å². The van der Waals surface area contributed by atoms with Gasteiger partial charge in [0, 0.05) is 11.4 Å². The number of benzene rings is 2. The summed E-state index contributed by atoms with van der Waals surface area (Å²) in [6.45, 7) is 5.31. The fourth-order valence-electron chi connectivity index (χ4n) is 2.50. The molecule has 1 aromatic heterocycles. The molecule has 0 radical (unpaired) electrons. The molecule has 150 valence electrons. The molecule has 0 saturated heterocycles. The van der Waals surface area contributed by atoms with Crippen molar-refractivity contribution in [1.29, 1.82) is 0 Å². The lowest BCUT2D eigenvalue weighted by molar-refractivity contribution is 0.0634. The van der Waals surface area contributed by atoms with Gasteiger partial charge in [0.2, 0.25) is 0 Å². The van der Waals surface area contributed by atoms with E-state index in [9.17, 15) is 14.4 Å². The minimum atomic E-state index is -1.07. The van der Waals surface area contributed by atoms with Gasteiger partial charge in [-0.1, -0.05) is 0 Å². The number of hydrogen-bond acceptors (Lipinski definition) is 5. The summed E-state index contributed by atoms with van der Waals surface area (Å²) < 4.78 is 5.18. The van der Waals surface area contributed by atoms with Crippen LogP contribution in [0.3, 0.4) is 0 Å². The van der Waals surface area contributed by atoms with Gasteiger partial charge in [0.05, 0.1) is 16.6 Å². The fraction of sp³-hybridized carbons (Fsp3) is 0.200. The number of carboxylic acids is 1. The molecule has 0 atom stereocenters. The summed E-state index contributed by atoms with van der Waals surface area (Å²) in [5, 5.41) is 14.3. The lowest BCUT2D eigenvalue weighted by Crippen LogP contribution is -2.27. The SMILES string of the molecule is CC(C)(C)OC(=O)Nc1ccc(NC(=O)c2nc3cc(C(=O)O)ccc3[nH]2)cc1. The molecule has 0 aliphatic carbocycles. The summed E-state index contributed by atoms with van der Waals surface area (Å²) in [7, 11) is 0. The van der Waals surface area contributed by atoms with E-state index in [2.05, 4.69) is 20.6 Å². The van der Waals surface area contributed by atoms with Crippen LogP contribution in [0.1, 0.15) is 41.7 Å². The molecule has 9 heteroatoms. The Kier molecular flexibility index (Phi) is 5.22. The van der Waals surface area contributed by atoms with Gasteiger partial charge in [-0.3, -0.25) is 10.1 Å². The Bertz CT molecular complexity index is 1080. The van der Waals surface area contributed by atoms with Crippen LogP contribution >= 0.6 is 0 Å². The Balaban J connectivity index is 1.67. The van der Waals surface area contributed by atoms with Crippen LogP contribution in [-0.2, 0) is 4.74 Å². The first kappa shape index (κ1) is 19.9. The second-order valence-corrected chi connectivity index (χ2v) is 7.28. The summed E-state index contributed by atoms with van der Waals surface area (Å²) in [6.07, 6.45) is -0.572. The van der Waals surface area contributed by atoms with Gasteiger partial charge in [0.25, 0.3) is 5.91 Å². The number of H-pyrrole nitrogens is 1. The van der Waals surface area contributed by atoms with E-state index in [1.807, 2.05) is 0 Å². The summed E-state index contributed by atoms with van der Waals surface area (Å²) >= 11 is 0. The molecule has 2 aromatic carbocycles. The van der Waals surface area contributed by atoms with Gasteiger partial charge in [0.15, 0.2) is 5.82 Å². The van der Waals surface area contributed by atoms with Gasteiger partial charge >= 0.3 is 12.1 Å². The number of aromatic amines is 1. The zero-order valence-electron chi connectivity index (χ0n) is 16.1. The number of aromatic carboxylic acids is 1. The molecule has 3 rings (SSSR count). The van der Waals surface area contributed by atoms with E-state index in [4.69, 9.17) is 9.84 Å². The third-order valence-electron chi connectivity index (χ3n) is 3.73. The zero-order chi connectivity index (χ0) is 21.2. The number of nitrogens with one attached hydrogen (secondary N) is 3. The Morgan fingerprint density at radius 1 is 1.00 bits per heavy atom. The Hall–Kier alpha value is -3.88. The largest absolute Gasteiger partial charge is 0.478 e. The van der Waals surface area contributed by atoms with Crippen molar-refractivity contribution in [2.45, 2.75) is 26.4 Å². The number of ether oxygens (including phenoxy) is 1. The molecule has 0 unspecified atom stereocenters. The quantitative estimate of drug-likeness (QED) is 0.529. The molecule has 0 bridgehead atoms. The molecule has 1 heterocycles. The van der Waals surface area contributed by atoms with E-state index in [1.54, 1.807) is 51.1 Å². The van der Waals surface area contributed by atoms with Crippen molar-refractivity contribution in [2.75, 3.05) is 10.6 Å². The van der Waals surface area contributed by atoms with Crippen molar-refractivity contribution in [1.82, 2.24) is 9.97 Å². The van der Waals surface area contributed by atoms with E-state index in [0.29, 0.717) is 22.4 Å². The highest BCUT2D eigenvalue weighted by atomic mass is 16.6. The number of imidazole rings is 1. The second kappa shape index (κ2) is 7.63. The number of aromatic nitrogens is 2. The van der Waals surface area contributed by atoms with Crippen LogP contribution in [0.5, 0.6) is 0 Å². The molecule has 3 aromatic rings. The maximum absolute atomic E-state index is 12.4. The molecule has 0 fully saturated rings. The third kappa shape index (κ3) is 5.10. The summed E-state index contributed by atoms with van der Waals surface area (Å²) in [5.74, 6) is -1.49. The number of anilines is 2. The first-order chi connectivity index (χ1) is 13.6. The van der Waals surface area contributed by atoms with Gasteiger partial charge in [-0.25, -0.2) is 14.6 Å². The minimum absolute atomic E-state index is 0.0542. The first-order valence-electron chi connectivity index (χ1n) is 8.75. The highest BCUT2D eigenvalue weighted by Crippen LogP contribution is 2.18. The van der Waals surface area contributed by atoms with Crippen LogP contribution in [0.4, 0.5) is 16.2 Å². The maximum atomic E-state index is 12.4. The molecule has 2 amide bonds. The van der Waals surface area contributed by atoms with Crippen molar-refractivity contribution < 1.29 is 24.2 Å². The van der Waals surface area contributed by atoms with Gasteiger partial charge in [-0.2, -0.15) is 0 Å². The smallest absolute Gasteiger partial charge is 0.412 e. The summed E-state index contributed by atoms with van der Waals surface area (Å²) in [6, 6.07) is 10.9. The van der Waals surface area contributed by atoms with Crippen molar-refractivity contribution in [3.8, 4) is 0 Å². The lowest BCUT2D eigenvalue weighted by Gasteiger charge is -2.19. The number of nitrogens with zero attached hydrogens (tertiary/aromatic N) is 1. The van der Waals surface area contributed by atoms with Gasteiger partial charge in [-0.05, 0) is 63.2 Å². The van der Waals surface area contributed by atoms with E-state index in [1.165, 1.54) is 12.1 Å². The number of amides is 2. The molecule has 0 saturated carbocycles. The molecule has 0 spiro atoms. The van der Waals surface area contributed by atoms with Crippen molar-refractivity contribution in [3.05, 3.63) is 53.9 Å². The van der Waals surface area contributed by atoms with Crippen molar-refractivity contribution >= 4 is 40.4 Å². The number of rotatable bonds is 4. The molecular weight excluding hydrogens is 376 g/mol. The minimum Gasteiger partial charge on any atom is -0.478 e. The fourth-order valence-corrected chi connectivity index (χ4v) is 2.50. The predicted molar refractivity (Wildman–Crippen MR) is 107 cm³/mol. The van der Waals surface area contributed by atoms with Crippen LogP contribution in [-0.4, -0.2) is 38.6 Å². The van der Waals surface area contributed by atoms with Gasteiger partial charge in [-0.15, -0.1) is 0 Å². The topological polar surface area (TPSA) is 133 Å². The van der Waals surface area contributed by atoms with Crippen molar-refractivity contribution in [2.24, 2.45) is 0 Å². The van der Waals surface area contributed by atoms with Gasteiger partial charge in [0.1, 0.15) is 5.60 Å². The number of carbonyl (C=O) groups excluding carboxylic acids is 2. The number of carbonyl (C=O) groups is 3.